The monoisotopic (exact) mass is 329 g/mol. The summed E-state index contributed by atoms with van der Waals surface area (Å²) in [5.41, 5.74) is 3.79. The zero-order valence-corrected chi connectivity index (χ0v) is 14.5. The van der Waals surface area contributed by atoms with E-state index in [4.69, 9.17) is 5.11 Å². The molecule has 0 unspecified atom stereocenters. The van der Waals surface area contributed by atoms with Crippen molar-refractivity contribution in [3.05, 3.63) is 114 Å². The van der Waals surface area contributed by atoms with Gasteiger partial charge in [0.25, 0.3) is 0 Å². The van der Waals surface area contributed by atoms with E-state index in [0.717, 1.165) is 25.7 Å². The molecule has 3 aromatic carbocycles. The molecule has 0 aliphatic rings. The fourth-order valence-electron chi connectivity index (χ4n) is 3.73. The minimum atomic E-state index is -0.167. The summed E-state index contributed by atoms with van der Waals surface area (Å²) in [4.78, 5) is 0. The Morgan fingerprint density at radius 2 is 1.00 bits per heavy atom. The fraction of sp³-hybridized carbons (Fsp3) is 0.208. The number of benzene rings is 3. The van der Waals surface area contributed by atoms with Crippen LogP contribution in [0.25, 0.3) is 0 Å². The highest BCUT2D eigenvalue weighted by molar-refractivity contribution is 5.50. The summed E-state index contributed by atoms with van der Waals surface area (Å²) in [5, 5.41) is 9.02. The number of unbranched alkanes of at least 4 members (excludes halogenated alkanes) is 2. The molecular weight excluding hydrogens is 304 g/mol. The SMILES string of the molecule is O[CH]CCCCC(c1ccccc1)(c1ccccc1)c1ccccc1. The van der Waals surface area contributed by atoms with Gasteiger partial charge < -0.3 is 5.11 Å². The number of aliphatic hydroxyl groups excluding tert-OH is 1. The summed E-state index contributed by atoms with van der Waals surface area (Å²) in [6.45, 7) is 1.27. The molecule has 1 radical (unpaired) electrons. The van der Waals surface area contributed by atoms with Crippen LogP contribution in [-0.2, 0) is 5.41 Å². The molecule has 0 aromatic heterocycles. The van der Waals surface area contributed by atoms with Crippen LogP contribution in [0.1, 0.15) is 42.4 Å². The minimum Gasteiger partial charge on any atom is -0.390 e. The third-order valence-corrected chi connectivity index (χ3v) is 4.93. The highest BCUT2D eigenvalue weighted by Crippen LogP contribution is 2.43. The van der Waals surface area contributed by atoms with E-state index in [2.05, 4.69) is 91.0 Å². The molecule has 3 rings (SSSR count). The Kier molecular flexibility index (Phi) is 6.03. The first-order chi connectivity index (χ1) is 12.4. The van der Waals surface area contributed by atoms with Crippen molar-refractivity contribution in [3.8, 4) is 0 Å². The maximum absolute atomic E-state index is 9.02. The molecule has 0 saturated carbocycles. The van der Waals surface area contributed by atoms with Crippen molar-refractivity contribution >= 4 is 0 Å². The molecule has 0 atom stereocenters. The van der Waals surface area contributed by atoms with E-state index in [9.17, 15) is 0 Å². The molecule has 0 saturated heterocycles. The van der Waals surface area contributed by atoms with Gasteiger partial charge in [0.15, 0.2) is 0 Å². The Morgan fingerprint density at radius 1 is 0.600 bits per heavy atom. The van der Waals surface area contributed by atoms with Crippen molar-refractivity contribution in [2.75, 3.05) is 0 Å². The summed E-state index contributed by atoms with van der Waals surface area (Å²) in [6, 6.07) is 32.4. The Labute approximate surface area is 151 Å². The predicted octanol–water partition coefficient (Wildman–Crippen LogP) is 6.12. The van der Waals surface area contributed by atoms with Crippen LogP contribution >= 0.6 is 0 Å². The van der Waals surface area contributed by atoms with Crippen molar-refractivity contribution in [1.82, 2.24) is 0 Å². The van der Waals surface area contributed by atoms with Gasteiger partial charge in [-0.25, -0.2) is 0 Å². The molecular formula is C24H25O. The topological polar surface area (TPSA) is 20.2 Å². The van der Waals surface area contributed by atoms with Gasteiger partial charge in [0.1, 0.15) is 0 Å². The second-order valence-electron chi connectivity index (χ2n) is 6.43. The van der Waals surface area contributed by atoms with E-state index in [1.165, 1.54) is 23.3 Å². The highest BCUT2D eigenvalue weighted by Gasteiger charge is 2.35. The number of hydrogen-bond acceptors (Lipinski definition) is 1. The number of hydrogen-bond donors (Lipinski definition) is 1. The van der Waals surface area contributed by atoms with Gasteiger partial charge in [-0.2, -0.15) is 0 Å². The van der Waals surface area contributed by atoms with Gasteiger partial charge in [-0.1, -0.05) is 104 Å². The average molecular weight is 329 g/mol. The lowest BCUT2D eigenvalue weighted by molar-refractivity contribution is 0.364. The molecule has 127 valence electrons. The van der Waals surface area contributed by atoms with Gasteiger partial charge in [-0.3, -0.25) is 0 Å². The molecule has 1 heteroatoms. The van der Waals surface area contributed by atoms with Crippen LogP contribution < -0.4 is 0 Å². The van der Waals surface area contributed by atoms with Gasteiger partial charge in [0.05, 0.1) is 6.61 Å². The molecule has 0 aliphatic carbocycles. The standard InChI is InChI=1S/C24H25O/c25-20-12-4-11-19-24(21-13-5-1-6-14-21,22-15-7-2-8-16-22)23-17-9-3-10-18-23/h1-3,5-10,13-18,20,25H,4,11-12,19H2. The third-order valence-electron chi connectivity index (χ3n) is 4.93. The average Bonchev–Trinajstić information content (AvgIpc) is 2.70. The molecule has 0 spiro atoms. The largest absolute Gasteiger partial charge is 0.390 e. The highest BCUT2D eigenvalue weighted by atomic mass is 16.2. The molecule has 25 heavy (non-hydrogen) atoms. The number of rotatable bonds is 8. The van der Waals surface area contributed by atoms with E-state index < -0.39 is 0 Å². The minimum absolute atomic E-state index is 0.167. The van der Waals surface area contributed by atoms with Crippen LogP contribution in [0.5, 0.6) is 0 Å². The Morgan fingerprint density at radius 3 is 1.36 bits per heavy atom. The van der Waals surface area contributed by atoms with Crippen LogP contribution in [0, 0.1) is 6.61 Å². The van der Waals surface area contributed by atoms with Crippen LogP contribution in [-0.4, -0.2) is 5.11 Å². The molecule has 3 aromatic rings. The maximum atomic E-state index is 9.02. The summed E-state index contributed by atoms with van der Waals surface area (Å²) in [7, 11) is 0. The van der Waals surface area contributed by atoms with E-state index in [0.29, 0.717) is 0 Å². The number of aliphatic hydroxyl groups is 1. The quantitative estimate of drug-likeness (QED) is 0.390. The van der Waals surface area contributed by atoms with Gasteiger partial charge in [0.2, 0.25) is 0 Å². The fourth-order valence-corrected chi connectivity index (χ4v) is 3.73. The van der Waals surface area contributed by atoms with Gasteiger partial charge in [-0.15, -0.1) is 0 Å². The van der Waals surface area contributed by atoms with Crippen molar-refractivity contribution in [3.63, 3.8) is 0 Å². The smallest absolute Gasteiger partial charge is 0.0799 e. The second kappa shape index (κ2) is 8.64. The Balaban J connectivity index is 2.13. The zero-order chi connectivity index (χ0) is 17.4. The molecule has 0 aliphatic heterocycles. The predicted molar refractivity (Wildman–Crippen MR) is 104 cm³/mol. The summed E-state index contributed by atoms with van der Waals surface area (Å²) in [6.07, 6.45) is 3.80. The summed E-state index contributed by atoms with van der Waals surface area (Å²) >= 11 is 0. The van der Waals surface area contributed by atoms with E-state index in [-0.39, 0.29) is 5.41 Å². The van der Waals surface area contributed by atoms with E-state index >= 15 is 0 Å². The zero-order valence-electron chi connectivity index (χ0n) is 14.5. The van der Waals surface area contributed by atoms with Crippen LogP contribution in [0.4, 0.5) is 0 Å². The molecule has 1 nitrogen and oxygen atoms in total. The molecule has 0 amide bonds. The first kappa shape index (κ1) is 17.4. The van der Waals surface area contributed by atoms with Crippen molar-refractivity contribution in [2.24, 2.45) is 0 Å². The third kappa shape index (κ3) is 3.83. The van der Waals surface area contributed by atoms with Crippen LogP contribution in [0.3, 0.4) is 0 Å². The van der Waals surface area contributed by atoms with Crippen molar-refractivity contribution < 1.29 is 5.11 Å². The maximum Gasteiger partial charge on any atom is 0.0799 e. The Bertz CT molecular complexity index is 638. The van der Waals surface area contributed by atoms with E-state index in [1.807, 2.05) is 0 Å². The lowest BCUT2D eigenvalue weighted by Gasteiger charge is -2.36. The van der Waals surface area contributed by atoms with Gasteiger partial charge in [-0.05, 0) is 29.5 Å². The Hall–Kier alpha value is -2.38. The van der Waals surface area contributed by atoms with Gasteiger partial charge in [0, 0.05) is 5.41 Å². The summed E-state index contributed by atoms with van der Waals surface area (Å²) < 4.78 is 0. The second-order valence-corrected chi connectivity index (χ2v) is 6.43. The lowest BCUT2D eigenvalue weighted by Crippen LogP contribution is -2.29. The molecule has 0 fully saturated rings. The lowest BCUT2D eigenvalue weighted by atomic mass is 9.66. The molecule has 0 bridgehead atoms. The molecule has 1 N–H and O–H groups in total. The first-order valence-corrected chi connectivity index (χ1v) is 9.00. The van der Waals surface area contributed by atoms with Crippen LogP contribution in [0.15, 0.2) is 91.0 Å². The van der Waals surface area contributed by atoms with Crippen LogP contribution in [0.2, 0.25) is 0 Å². The van der Waals surface area contributed by atoms with E-state index in [1.54, 1.807) is 0 Å². The summed E-state index contributed by atoms with van der Waals surface area (Å²) in [5.74, 6) is 0. The normalized spacial score (nSPS) is 11.4. The van der Waals surface area contributed by atoms with Crippen molar-refractivity contribution in [2.45, 2.75) is 31.1 Å². The van der Waals surface area contributed by atoms with Gasteiger partial charge >= 0.3 is 0 Å². The molecule has 0 heterocycles. The first-order valence-electron chi connectivity index (χ1n) is 9.00. The van der Waals surface area contributed by atoms with Crippen molar-refractivity contribution in [1.29, 1.82) is 0 Å².